The summed E-state index contributed by atoms with van der Waals surface area (Å²) in [6.45, 7) is 3.28. The number of aliphatic carboxylic acids is 1. The number of carboxylic acids is 1. The van der Waals surface area contributed by atoms with E-state index in [-0.39, 0.29) is 25.3 Å². The van der Waals surface area contributed by atoms with Crippen molar-refractivity contribution in [2.75, 3.05) is 18.9 Å². The molecule has 0 aromatic rings. The minimum absolute atomic E-state index is 0.000378. The number of aliphatic hydroxyl groups excluding tert-OH is 1. The minimum Gasteiger partial charge on any atom is -0.481 e. The second-order valence-electron chi connectivity index (χ2n) is 4.17. The monoisotopic (exact) mass is 281 g/mol. The van der Waals surface area contributed by atoms with Crippen molar-refractivity contribution in [3.63, 3.8) is 0 Å². The summed E-state index contributed by atoms with van der Waals surface area (Å²) in [7, 11) is -3.49. The Morgan fingerprint density at radius 2 is 1.94 bits per heavy atom. The van der Waals surface area contributed by atoms with Crippen LogP contribution in [-0.2, 0) is 14.8 Å². The number of nitrogens with zero attached hydrogens (tertiary/aromatic N) is 1. The van der Waals surface area contributed by atoms with Gasteiger partial charge in [0.1, 0.15) is 0 Å². The molecule has 18 heavy (non-hydrogen) atoms. The van der Waals surface area contributed by atoms with Crippen molar-refractivity contribution in [3.8, 4) is 0 Å². The third-order valence-corrected chi connectivity index (χ3v) is 4.75. The van der Waals surface area contributed by atoms with Gasteiger partial charge in [-0.1, -0.05) is 20.3 Å². The van der Waals surface area contributed by atoms with Crippen LogP contribution in [0.25, 0.3) is 0 Å². The van der Waals surface area contributed by atoms with E-state index in [0.717, 1.165) is 10.7 Å². The first-order chi connectivity index (χ1) is 8.38. The molecule has 0 fully saturated rings. The fourth-order valence-electron chi connectivity index (χ4n) is 1.62. The molecule has 6 nitrogen and oxygen atoms in total. The molecule has 0 heterocycles. The van der Waals surface area contributed by atoms with E-state index < -0.39 is 22.0 Å². The van der Waals surface area contributed by atoms with Crippen LogP contribution >= 0.6 is 0 Å². The van der Waals surface area contributed by atoms with E-state index >= 15 is 0 Å². The highest BCUT2D eigenvalue weighted by Gasteiger charge is 2.28. The maximum Gasteiger partial charge on any atom is 0.304 e. The van der Waals surface area contributed by atoms with Crippen molar-refractivity contribution in [1.29, 1.82) is 0 Å². The first kappa shape index (κ1) is 17.3. The molecule has 0 aliphatic heterocycles. The van der Waals surface area contributed by atoms with Gasteiger partial charge in [0.15, 0.2) is 0 Å². The highest BCUT2D eigenvalue weighted by Crippen LogP contribution is 2.13. The highest BCUT2D eigenvalue weighted by atomic mass is 32.2. The van der Waals surface area contributed by atoms with Gasteiger partial charge in [0.25, 0.3) is 0 Å². The van der Waals surface area contributed by atoms with Gasteiger partial charge in [0.2, 0.25) is 10.0 Å². The number of sulfonamides is 1. The van der Waals surface area contributed by atoms with Gasteiger partial charge in [0, 0.05) is 12.6 Å². The molecule has 0 aromatic heterocycles. The lowest BCUT2D eigenvalue weighted by Crippen LogP contribution is -2.44. The molecule has 1 unspecified atom stereocenters. The maximum atomic E-state index is 12.1. The van der Waals surface area contributed by atoms with Crippen LogP contribution in [0.2, 0.25) is 0 Å². The first-order valence-corrected chi connectivity index (χ1v) is 7.82. The average molecular weight is 281 g/mol. The molecule has 1 atom stereocenters. The summed E-state index contributed by atoms with van der Waals surface area (Å²) < 4.78 is 25.3. The highest BCUT2D eigenvalue weighted by molar-refractivity contribution is 7.89. The molecule has 0 amide bonds. The van der Waals surface area contributed by atoms with Gasteiger partial charge in [-0.05, 0) is 12.8 Å². The number of carboxylic acid groups (broad SMARTS) is 1. The van der Waals surface area contributed by atoms with Crippen LogP contribution in [0.1, 0.15) is 39.5 Å². The van der Waals surface area contributed by atoms with Crippen LogP contribution in [0.15, 0.2) is 0 Å². The summed E-state index contributed by atoms with van der Waals surface area (Å²) in [5.74, 6) is -1.04. The number of rotatable bonds is 10. The molecule has 0 aliphatic rings. The molecule has 0 aromatic carbocycles. The second kappa shape index (κ2) is 8.44. The van der Waals surface area contributed by atoms with Gasteiger partial charge in [-0.15, -0.1) is 0 Å². The number of unbranched alkanes of at least 4 members (excludes halogenated alkanes) is 1. The van der Waals surface area contributed by atoms with Gasteiger partial charge in [0.05, 0.1) is 18.8 Å². The lowest BCUT2D eigenvalue weighted by molar-refractivity contribution is -0.137. The Kier molecular flexibility index (Phi) is 8.13. The number of hydrogen-bond acceptors (Lipinski definition) is 4. The van der Waals surface area contributed by atoms with Crippen molar-refractivity contribution in [2.45, 2.75) is 45.6 Å². The van der Waals surface area contributed by atoms with Crippen LogP contribution in [0.3, 0.4) is 0 Å². The molecule has 7 heteroatoms. The van der Waals surface area contributed by atoms with E-state index in [1.807, 2.05) is 6.92 Å². The van der Waals surface area contributed by atoms with Crippen LogP contribution in [0, 0.1) is 0 Å². The second-order valence-corrected chi connectivity index (χ2v) is 6.21. The van der Waals surface area contributed by atoms with Crippen LogP contribution in [0.5, 0.6) is 0 Å². The lowest BCUT2D eigenvalue weighted by Gasteiger charge is -2.28. The first-order valence-electron chi connectivity index (χ1n) is 6.21. The summed E-state index contributed by atoms with van der Waals surface area (Å²) in [5.41, 5.74) is 0. The van der Waals surface area contributed by atoms with Gasteiger partial charge >= 0.3 is 5.97 Å². The quantitative estimate of drug-likeness (QED) is 0.613. The Morgan fingerprint density at radius 3 is 2.33 bits per heavy atom. The van der Waals surface area contributed by atoms with Crippen LogP contribution in [-0.4, -0.2) is 53.9 Å². The standard InChI is InChI=1S/C11H23NO5S/c1-3-5-8-18(16,17)12(7-6-11(14)15)10(4-2)9-13/h10,13H,3-9H2,1-2H3,(H,14,15). The zero-order valence-corrected chi connectivity index (χ0v) is 11.8. The molecular formula is C11H23NO5S. The predicted octanol–water partition coefficient (Wildman–Crippen LogP) is 0.664. The average Bonchev–Trinajstić information content (AvgIpc) is 2.31. The van der Waals surface area contributed by atoms with E-state index in [1.165, 1.54) is 0 Å². The van der Waals surface area contributed by atoms with Crippen molar-refractivity contribution in [3.05, 3.63) is 0 Å². The molecule has 2 N–H and O–H groups in total. The normalized spacial score (nSPS) is 13.8. The molecule has 0 rings (SSSR count). The number of aliphatic hydroxyl groups is 1. The molecule has 0 saturated carbocycles. The lowest BCUT2D eigenvalue weighted by atomic mass is 10.2. The molecular weight excluding hydrogens is 258 g/mol. The largest absolute Gasteiger partial charge is 0.481 e. The smallest absolute Gasteiger partial charge is 0.304 e. The molecule has 0 spiro atoms. The fourth-order valence-corrected chi connectivity index (χ4v) is 3.55. The van der Waals surface area contributed by atoms with Crippen molar-refractivity contribution >= 4 is 16.0 Å². The number of hydrogen-bond donors (Lipinski definition) is 2. The van der Waals surface area contributed by atoms with E-state index in [4.69, 9.17) is 5.11 Å². The summed E-state index contributed by atoms with van der Waals surface area (Å²) in [6.07, 6.45) is 1.50. The Labute approximate surface area is 109 Å². The Balaban J connectivity index is 4.88. The van der Waals surface area contributed by atoms with Crippen molar-refractivity contribution in [2.24, 2.45) is 0 Å². The Morgan fingerprint density at radius 1 is 1.33 bits per heavy atom. The van der Waals surface area contributed by atoms with Crippen LogP contribution < -0.4 is 0 Å². The summed E-state index contributed by atoms with van der Waals surface area (Å²) >= 11 is 0. The molecule has 0 saturated heterocycles. The maximum absolute atomic E-state index is 12.1. The molecule has 0 radical (unpaired) electrons. The van der Waals surface area contributed by atoms with Gasteiger partial charge in [-0.25, -0.2) is 8.42 Å². The predicted molar refractivity (Wildman–Crippen MR) is 68.8 cm³/mol. The van der Waals surface area contributed by atoms with Gasteiger partial charge < -0.3 is 10.2 Å². The van der Waals surface area contributed by atoms with Gasteiger partial charge in [-0.3, -0.25) is 4.79 Å². The van der Waals surface area contributed by atoms with Crippen molar-refractivity contribution in [1.82, 2.24) is 4.31 Å². The number of carbonyl (C=O) groups is 1. The summed E-state index contributed by atoms with van der Waals surface area (Å²) in [6, 6.07) is -0.536. The third-order valence-electron chi connectivity index (χ3n) is 2.75. The third kappa shape index (κ3) is 5.79. The Hall–Kier alpha value is -0.660. The van der Waals surface area contributed by atoms with E-state index in [9.17, 15) is 18.3 Å². The summed E-state index contributed by atoms with van der Waals surface area (Å²) in [4.78, 5) is 10.6. The molecule has 0 bridgehead atoms. The molecule has 108 valence electrons. The zero-order valence-electron chi connectivity index (χ0n) is 11.0. The Bertz CT molecular complexity index is 337. The van der Waals surface area contributed by atoms with E-state index in [1.54, 1.807) is 6.92 Å². The minimum atomic E-state index is -3.49. The zero-order chi connectivity index (χ0) is 14.2. The van der Waals surface area contributed by atoms with E-state index in [0.29, 0.717) is 12.8 Å². The summed E-state index contributed by atoms with van der Waals surface area (Å²) in [5, 5.41) is 17.8. The fraction of sp³-hybridized carbons (Fsp3) is 0.909. The van der Waals surface area contributed by atoms with Gasteiger partial charge in [-0.2, -0.15) is 4.31 Å². The topological polar surface area (TPSA) is 94.9 Å². The van der Waals surface area contributed by atoms with Crippen molar-refractivity contribution < 1.29 is 23.4 Å². The SMILES string of the molecule is CCCCS(=O)(=O)N(CCC(=O)O)C(CC)CO. The molecule has 0 aliphatic carbocycles. The van der Waals surface area contributed by atoms with E-state index in [2.05, 4.69) is 0 Å². The van der Waals surface area contributed by atoms with Crippen LogP contribution in [0.4, 0.5) is 0 Å².